The van der Waals surface area contributed by atoms with Crippen molar-refractivity contribution in [3.8, 4) is 0 Å². The molecule has 0 saturated carbocycles. The highest BCUT2D eigenvalue weighted by Gasteiger charge is 2.14. The van der Waals surface area contributed by atoms with Gasteiger partial charge in [-0.25, -0.2) is 4.79 Å². The summed E-state index contributed by atoms with van der Waals surface area (Å²) in [6, 6.07) is 11.8. The number of Topliss-reactive ketones (excluding diaryl/α,β-unsaturated/α-hetero) is 1. The maximum absolute atomic E-state index is 12.1. The molecule has 22 heavy (non-hydrogen) atoms. The maximum atomic E-state index is 12.1. The van der Waals surface area contributed by atoms with Crippen LogP contribution >= 0.6 is 11.8 Å². The van der Waals surface area contributed by atoms with Crippen LogP contribution in [0.3, 0.4) is 0 Å². The molecule has 0 bridgehead atoms. The average molecular weight is 317 g/mol. The van der Waals surface area contributed by atoms with E-state index in [0.29, 0.717) is 4.90 Å². The van der Waals surface area contributed by atoms with Gasteiger partial charge in [0.25, 0.3) is 5.69 Å². The summed E-state index contributed by atoms with van der Waals surface area (Å²) in [5.74, 6) is -1.36. The van der Waals surface area contributed by atoms with Crippen LogP contribution in [-0.2, 0) is 0 Å². The first kappa shape index (κ1) is 15.7. The Balaban J connectivity index is 2.12. The number of ketones is 1. The maximum Gasteiger partial charge on any atom is 0.336 e. The number of thioether (sulfide) groups is 1. The summed E-state index contributed by atoms with van der Waals surface area (Å²) in [5.41, 5.74) is 0.204. The molecule has 0 amide bonds. The summed E-state index contributed by atoms with van der Waals surface area (Å²) >= 11 is 1.09. The van der Waals surface area contributed by atoms with E-state index in [2.05, 4.69) is 0 Å². The number of hydrogen-bond donors (Lipinski definition) is 1. The Morgan fingerprint density at radius 1 is 1.14 bits per heavy atom. The molecule has 0 radical (unpaired) electrons. The number of benzene rings is 2. The lowest BCUT2D eigenvalue weighted by Gasteiger charge is -2.05. The highest BCUT2D eigenvalue weighted by atomic mass is 32.2. The van der Waals surface area contributed by atoms with Gasteiger partial charge in [-0.3, -0.25) is 14.9 Å². The molecule has 0 aliphatic rings. The molecule has 2 rings (SSSR count). The molecule has 2 aromatic carbocycles. The van der Waals surface area contributed by atoms with E-state index in [1.807, 2.05) is 0 Å². The zero-order valence-corrected chi connectivity index (χ0v) is 12.1. The number of nitrogens with zero attached hydrogens (tertiary/aromatic N) is 1. The first-order chi connectivity index (χ1) is 10.5. The number of nitro groups is 1. The second-order valence-electron chi connectivity index (χ2n) is 4.32. The summed E-state index contributed by atoms with van der Waals surface area (Å²) in [4.78, 5) is 33.8. The van der Waals surface area contributed by atoms with Gasteiger partial charge in [0.2, 0.25) is 0 Å². The number of carbonyl (C=O) groups excluding carboxylic acids is 1. The molecule has 0 spiro atoms. The number of aromatic carboxylic acids is 1. The van der Waals surface area contributed by atoms with Crippen molar-refractivity contribution in [2.75, 3.05) is 5.75 Å². The van der Waals surface area contributed by atoms with Crippen molar-refractivity contribution in [1.29, 1.82) is 0 Å². The summed E-state index contributed by atoms with van der Waals surface area (Å²) < 4.78 is 0. The zero-order valence-electron chi connectivity index (χ0n) is 11.3. The van der Waals surface area contributed by atoms with Crippen LogP contribution in [0.4, 0.5) is 5.69 Å². The van der Waals surface area contributed by atoms with Crippen LogP contribution in [0.5, 0.6) is 0 Å². The fourth-order valence-corrected chi connectivity index (χ4v) is 2.73. The van der Waals surface area contributed by atoms with Gasteiger partial charge >= 0.3 is 5.97 Å². The molecule has 1 N–H and O–H groups in total. The van der Waals surface area contributed by atoms with Gasteiger partial charge in [-0.1, -0.05) is 24.3 Å². The first-order valence-corrected chi connectivity index (χ1v) is 7.20. The van der Waals surface area contributed by atoms with Crippen LogP contribution in [-0.4, -0.2) is 27.5 Å². The fourth-order valence-electron chi connectivity index (χ4n) is 1.79. The highest BCUT2D eigenvalue weighted by molar-refractivity contribution is 8.00. The van der Waals surface area contributed by atoms with Crippen LogP contribution in [0, 0.1) is 10.1 Å². The van der Waals surface area contributed by atoms with Crippen molar-refractivity contribution in [1.82, 2.24) is 0 Å². The second kappa shape index (κ2) is 6.86. The van der Waals surface area contributed by atoms with Crippen LogP contribution in [0.15, 0.2) is 53.4 Å². The molecule has 6 nitrogen and oxygen atoms in total. The van der Waals surface area contributed by atoms with Gasteiger partial charge < -0.3 is 5.11 Å². The van der Waals surface area contributed by atoms with E-state index in [1.54, 1.807) is 18.2 Å². The zero-order chi connectivity index (χ0) is 16.1. The largest absolute Gasteiger partial charge is 0.478 e. The van der Waals surface area contributed by atoms with Crippen molar-refractivity contribution >= 4 is 29.2 Å². The third-order valence-corrected chi connectivity index (χ3v) is 3.93. The molecule has 0 aromatic heterocycles. The van der Waals surface area contributed by atoms with Crippen molar-refractivity contribution < 1.29 is 19.6 Å². The Morgan fingerprint density at radius 2 is 1.86 bits per heavy atom. The minimum atomic E-state index is -1.06. The van der Waals surface area contributed by atoms with Crippen molar-refractivity contribution in [2.24, 2.45) is 0 Å². The normalized spacial score (nSPS) is 10.2. The molecule has 112 valence electrons. The fraction of sp³-hybridized carbons (Fsp3) is 0.0667. The van der Waals surface area contributed by atoms with E-state index in [1.165, 1.54) is 30.3 Å². The van der Waals surface area contributed by atoms with Gasteiger partial charge in [0.15, 0.2) is 5.78 Å². The summed E-state index contributed by atoms with van der Waals surface area (Å²) in [6.07, 6.45) is 0. The van der Waals surface area contributed by atoms with E-state index in [4.69, 9.17) is 5.11 Å². The molecule has 0 unspecified atom stereocenters. The van der Waals surface area contributed by atoms with Crippen LogP contribution in [0.2, 0.25) is 0 Å². The number of carboxylic acid groups (broad SMARTS) is 1. The lowest BCUT2D eigenvalue weighted by molar-refractivity contribution is -0.384. The Kier molecular flexibility index (Phi) is 4.90. The number of carbonyl (C=O) groups is 2. The smallest absolute Gasteiger partial charge is 0.336 e. The van der Waals surface area contributed by atoms with Gasteiger partial charge in [0.1, 0.15) is 0 Å². The Labute approximate surface area is 129 Å². The second-order valence-corrected chi connectivity index (χ2v) is 5.34. The quantitative estimate of drug-likeness (QED) is 0.380. The van der Waals surface area contributed by atoms with Crippen LogP contribution < -0.4 is 0 Å². The molecular formula is C15H11NO5S. The first-order valence-electron chi connectivity index (χ1n) is 6.22. The van der Waals surface area contributed by atoms with Gasteiger partial charge in [0, 0.05) is 22.6 Å². The summed E-state index contributed by atoms with van der Waals surface area (Å²) in [6.45, 7) is 0. The van der Waals surface area contributed by atoms with Gasteiger partial charge in [0.05, 0.1) is 16.2 Å². The number of carboxylic acids is 1. The molecule has 0 fully saturated rings. The molecule has 0 saturated heterocycles. The number of non-ortho nitro benzene ring substituents is 1. The topological polar surface area (TPSA) is 97.5 Å². The van der Waals surface area contributed by atoms with E-state index >= 15 is 0 Å². The third kappa shape index (κ3) is 3.70. The predicted octanol–water partition coefficient (Wildman–Crippen LogP) is 3.27. The molecule has 0 aliphatic heterocycles. The summed E-state index contributed by atoms with van der Waals surface area (Å²) in [5, 5.41) is 19.8. The minimum absolute atomic E-state index is 0.00542. The van der Waals surface area contributed by atoms with Crippen molar-refractivity contribution in [3.63, 3.8) is 0 Å². The van der Waals surface area contributed by atoms with E-state index in [0.717, 1.165) is 11.8 Å². The number of hydrogen-bond acceptors (Lipinski definition) is 5. The van der Waals surface area contributed by atoms with E-state index in [-0.39, 0.29) is 28.4 Å². The van der Waals surface area contributed by atoms with E-state index in [9.17, 15) is 19.7 Å². The Hall–Kier alpha value is -2.67. The SMILES string of the molecule is O=C(CSc1ccccc1C(=O)O)c1cccc([N+](=O)[O-])c1. The van der Waals surface area contributed by atoms with Gasteiger partial charge in [-0.15, -0.1) is 11.8 Å². The monoisotopic (exact) mass is 317 g/mol. The highest BCUT2D eigenvalue weighted by Crippen LogP contribution is 2.24. The molecule has 2 aromatic rings. The van der Waals surface area contributed by atoms with Crippen molar-refractivity contribution in [2.45, 2.75) is 4.90 Å². The lowest BCUT2D eigenvalue weighted by Crippen LogP contribution is -2.05. The molecule has 7 heteroatoms. The third-order valence-electron chi connectivity index (χ3n) is 2.86. The standard InChI is InChI=1S/C15H11NO5S/c17-13(10-4-3-5-11(8-10)16(20)21)9-22-14-7-2-1-6-12(14)15(18)19/h1-8H,9H2,(H,18,19). The molecule has 0 aliphatic carbocycles. The van der Waals surface area contributed by atoms with E-state index < -0.39 is 10.9 Å². The molecule has 0 heterocycles. The average Bonchev–Trinajstić information content (AvgIpc) is 2.52. The Bertz CT molecular complexity index is 744. The molecular weight excluding hydrogens is 306 g/mol. The van der Waals surface area contributed by atoms with Gasteiger partial charge in [-0.2, -0.15) is 0 Å². The van der Waals surface area contributed by atoms with Gasteiger partial charge in [-0.05, 0) is 12.1 Å². The minimum Gasteiger partial charge on any atom is -0.478 e. The lowest BCUT2D eigenvalue weighted by atomic mass is 10.1. The number of nitro benzene ring substituents is 1. The summed E-state index contributed by atoms with van der Waals surface area (Å²) in [7, 11) is 0. The van der Waals surface area contributed by atoms with Crippen LogP contribution in [0.25, 0.3) is 0 Å². The van der Waals surface area contributed by atoms with Crippen LogP contribution in [0.1, 0.15) is 20.7 Å². The Morgan fingerprint density at radius 3 is 2.55 bits per heavy atom. The predicted molar refractivity (Wildman–Crippen MR) is 81.6 cm³/mol. The van der Waals surface area contributed by atoms with Crippen molar-refractivity contribution in [3.05, 3.63) is 69.8 Å². The number of rotatable bonds is 6. The molecule has 0 atom stereocenters.